The minimum Gasteiger partial charge on any atom is -0.455 e. The van der Waals surface area contributed by atoms with E-state index in [1.165, 1.54) is 62.5 Å². The lowest BCUT2D eigenvalue weighted by Crippen LogP contribution is -2.23. The highest BCUT2D eigenvalue weighted by Crippen LogP contribution is 2.39. The van der Waals surface area contributed by atoms with Gasteiger partial charge in [-0.05, 0) is 66.1 Å². The van der Waals surface area contributed by atoms with Crippen LogP contribution in [0.25, 0.3) is 0 Å². The van der Waals surface area contributed by atoms with Gasteiger partial charge >= 0.3 is 0 Å². The molecule has 0 heterocycles. The van der Waals surface area contributed by atoms with E-state index in [9.17, 15) is 0 Å². The zero-order chi connectivity index (χ0) is 28.2. The number of para-hydroxylation sites is 4. The molecule has 0 aliphatic rings. The maximum absolute atomic E-state index is 6.08. The van der Waals surface area contributed by atoms with Gasteiger partial charge in [0.05, 0.1) is 11.4 Å². The van der Waals surface area contributed by atoms with Crippen molar-refractivity contribution in [3.05, 3.63) is 108 Å². The largest absolute Gasteiger partial charge is 0.455 e. The van der Waals surface area contributed by atoms with E-state index >= 15 is 0 Å². The summed E-state index contributed by atoms with van der Waals surface area (Å²) in [6.07, 6.45) is 11.5. The van der Waals surface area contributed by atoms with Crippen molar-refractivity contribution < 1.29 is 9.47 Å². The number of nitrogen functional groups attached to an aromatic ring is 2. The van der Waals surface area contributed by atoms with Gasteiger partial charge in [0.25, 0.3) is 0 Å². The topological polar surface area (TPSA) is 70.5 Å². The van der Waals surface area contributed by atoms with Crippen molar-refractivity contribution in [2.45, 2.75) is 77.0 Å². The van der Waals surface area contributed by atoms with E-state index in [1.807, 2.05) is 72.8 Å². The maximum atomic E-state index is 6.08. The van der Waals surface area contributed by atoms with Crippen molar-refractivity contribution in [3.8, 4) is 23.0 Å². The molecule has 0 fully saturated rings. The predicted octanol–water partition coefficient (Wildman–Crippen LogP) is 10.3. The Bertz CT molecular complexity index is 1220. The molecule has 0 radical (unpaired) electrons. The second-order valence-electron chi connectivity index (χ2n) is 10.9. The summed E-state index contributed by atoms with van der Waals surface area (Å²) in [6.45, 7) is 4.62. The number of hydrogen-bond donors (Lipinski definition) is 2. The van der Waals surface area contributed by atoms with Crippen LogP contribution in [0.5, 0.6) is 23.0 Å². The first-order valence-corrected chi connectivity index (χ1v) is 14.8. The zero-order valence-electron chi connectivity index (χ0n) is 24.1. The first-order chi connectivity index (χ1) is 19.5. The lowest BCUT2D eigenvalue weighted by atomic mass is 9.72. The van der Waals surface area contributed by atoms with Crippen molar-refractivity contribution in [1.29, 1.82) is 0 Å². The third-order valence-electron chi connectivity index (χ3n) is 7.81. The fourth-order valence-corrected chi connectivity index (χ4v) is 5.25. The number of hydrogen-bond acceptors (Lipinski definition) is 4. The summed E-state index contributed by atoms with van der Waals surface area (Å²) in [5.74, 6) is 2.90. The number of ether oxygens (including phenoxy) is 2. The standard InChI is InChI=1S/C36H44N2O2/c1-3-4-5-6-7-8-9-14-27-36(2,28-19-23-30(24-20-28)39-34-17-12-10-15-32(34)37)29-21-25-31(26-22-29)40-35-18-13-11-16-33(35)38/h10-13,15-26H,3-9,14,27,37-38H2,1-2H3. The molecule has 0 aromatic heterocycles. The van der Waals surface area contributed by atoms with E-state index in [-0.39, 0.29) is 5.41 Å². The highest BCUT2D eigenvalue weighted by atomic mass is 16.5. The van der Waals surface area contributed by atoms with Crippen LogP contribution in [0.4, 0.5) is 11.4 Å². The fourth-order valence-electron chi connectivity index (χ4n) is 5.25. The summed E-state index contributed by atoms with van der Waals surface area (Å²) in [5, 5.41) is 0. The molecule has 0 aliphatic carbocycles. The molecule has 0 saturated heterocycles. The van der Waals surface area contributed by atoms with Gasteiger partial charge in [-0.2, -0.15) is 0 Å². The van der Waals surface area contributed by atoms with E-state index in [2.05, 4.69) is 38.1 Å². The monoisotopic (exact) mass is 536 g/mol. The lowest BCUT2D eigenvalue weighted by Gasteiger charge is -2.31. The minimum absolute atomic E-state index is 0.142. The maximum Gasteiger partial charge on any atom is 0.150 e. The molecule has 0 spiro atoms. The third-order valence-corrected chi connectivity index (χ3v) is 7.81. The first kappa shape index (κ1) is 29.1. The van der Waals surface area contributed by atoms with Crippen molar-refractivity contribution in [2.24, 2.45) is 0 Å². The molecular weight excluding hydrogens is 492 g/mol. The van der Waals surface area contributed by atoms with Crippen LogP contribution < -0.4 is 20.9 Å². The van der Waals surface area contributed by atoms with E-state index in [0.717, 1.165) is 17.9 Å². The molecule has 4 heteroatoms. The molecular formula is C36H44N2O2. The van der Waals surface area contributed by atoms with Crippen LogP contribution in [-0.4, -0.2) is 0 Å². The predicted molar refractivity (Wildman–Crippen MR) is 168 cm³/mol. The Morgan fingerprint density at radius 1 is 0.525 bits per heavy atom. The zero-order valence-corrected chi connectivity index (χ0v) is 24.1. The molecule has 4 N–H and O–H groups in total. The van der Waals surface area contributed by atoms with Crippen molar-refractivity contribution in [1.82, 2.24) is 0 Å². The molecule has 0 atom stereocenters. The van der Waals surface area contributed by atoms with Crippen LogP contribution in [0.15, 0.2) is 97.1 Å². The summed E-state index contributed by atoms with van der Waals surface area (Å²) < 4.78 is 12.1. The van der Waals surface area contributed by atoms with Gasteiger partial charge in [-0.15, -0.1) is 0 Å². The Hall–Kier alpha value is -3.92. The number of benzene rings is 4. The number of anilines is 2. The lowest BCUT2D eigenvalue weighted by molar-refractivity contribution is 0.463. The van der Waals surface area contributed by atoms with E-state index in [1.54, 1.807) is 0 Å². The van der Waals surface area contributed by atoms with Gasteiger partial charge in [0.2, 0.25) is 0 Å². The van der Waals surface area contributed by atoms with Gasteiger partial charge in [0.15, 0.2) is 0 Å². The molecule has 0 saturated carbocycles. The fraction of sp³-hybridized carbons (Fsp3) is 0.333. The van der Waals surface area contributed by atoms with Gasteiger partial charge in [0, 0.05) is 5.41 Å². The summed E-state index contributed by atoms with van der Waals surface area (Å²) in [7, 11) is 0. The normalized spacial score (nSPS) is 11.3. The van der Waals surface area contributed by atoms with Crippen LogP contribution in [0.2, 0.25) is 0 Å². The molecule has 0 amide bonds. The van der Waals surface area contributed by atoms with E-state index in [0.29, 0.717) is 22.9 Å². The van der Waals surface area contributed by atoms with E-state index in [4.69, 9.17) is 20.9 Å². The molecule has 4 aromatic rings. The first-order valence-electron chi connectivity index (χ1n) is 14.8. The molecule has 40 heavy (non-hydrogen) atoms. The van der Waals surface area contributed by atoms with Crippen molar-refractivity contribution in [3.63, 3.8) is 0 Å². The van der Waals surface area contributed by atoms with Gasteiger partial charge in [-0.3, -0.25) is 0 Å². The summed E-state index contributed by atoms with van der Waals surface area (Å²) >= 11 is 0. The Labute approximate surface area is 240 Å². The van der Waals surface area contributed by atoms with Crippen LogP contribution >= 0.6 is 0 Å². The van der Waals surface area contributed by atoms with Crippen molar-refractivity contribution in [2.75, 3.05) is 11.5 Å². The highest BCUT2D eigenvalue weighted by Gasteiger charge is 2.28. The Balaban J connectivity index is 1.49. The van der Waals surface area contributed by atoms with Crippen LogP contribution in [0, 0.1) is 0 Å². The quantitative estimate of drug-likeness (QED) is 0.117. The summed E-state index contributed by atoms with van der Waals surface area (Å²) in [4.78, 5) is 0. The average Bonchev–Trinajstić information content (AvgIpc) is 2.97. The number of unbranched alkanes of at least 4 members (excludes halogenated alkanes) is 7. The number of nitrogens with two attached hydrogens (primary N) is 2. The van der Waals surface area contributed by atoms with Gasteiger partial charge in [-0.25, -0.2) is 0 Å². The van der Waals surface area contributed by atoms with Crippen molar-refractivity contribution >= 4 is 11.4 Å². The molecule has 4 nitrogen and oxygen atoms in total. The molecule has 210 valence electrons. The second kappa shape index (κ2) is 14.5. The Kier molecular flexibility index (Phi) is 10.5. The SMILES string of the molecule is CCCCCCCCCCC(C)(c1ccc(Oc2ccccc2N)cc1)c1ccc(Oc2ccccc2N)cc1. The molecule has 0 bridgehead atoms. The number of rotatable bonds is 15. The third kappa shape index (κ3) is 7.81. The molecule has 0 aliphatic heterocycles. The smallest absolute Gasteiger partial charge is 0.150 e. The van der Waals surface area contributed by atoms with Crippen LogP contribution in [0.3, 0.4) is 0 Å². The van der Waals surface area contributed by atoms with Crippen LogP contribution in [0.1, 0.15) is 82.8 Å². The second-order valence-corrected chi connectivity index (χ2v) is 10.9. The van der Waals surface area contributed by atoms with Gasteiger partial charge < -0.3 is 20.9 Å². The molecule has 4 aromatic carbocycles. The van der Waals surface area contributed by atoms with E-state index < -0.39 is 0 Å². The van der Waals surface area contributed by atoms with Gasteiger partial charge in [-0.1, -0.05) is 114 Å². The average molecular weight is 537 g/mol. The Morgan fingerprint density at radius 2 is 0.925 bits per heavy atom. The van der Waals surface area contributed by atoms with Gasteiger partial charge in [0.1, 0.15) is 23.0 Å². The highest BCUT2D eigenvalue weighted by molar-refractivity contribution is 5.55. The molecule has 4 rings (SSSR count). The Morgan fingerprint density at radius 3 is 1.35 bits per heavy atom. The van der Waals surface area contributed by atoms with Crippen LogP contribution in [-0.2, 0) is 5.41 Å². The summed E-state index contributed by atoms with van der Waals surface area (Å²) in [5.41, 5.74) is 15.8. The summed E-state index contributed by atoms with van der Waals surface area (Å²) in [6, 6.07) is 32.1. The molecule has 0 unspecified atom stereocenters. The minimum atomic E-state index is -0.142.